The fourth-order valence-corrected chi connectivity index (χ4v) is 4.37. The normalized spacial score (nSPS) is 21.4. The lowest BCUT2D eigenvalue weighted by atomic mass is 9.99. The number of likely N-dealkylation sites (tertiary alicyclic amines) is 1. The molecule has 2 heterocycles. The number of ether oxygens (including phenoxy) is 1. The summed E-state index contributed by atoms with van der Waals surface area (Å²) < 4.78 is 5.52. The molecule has 2 aliphatic heterocycles. The van der Waals surface area contributed by atoms with Crippen LogP contribution in [0.5, 0.6) is 5.75 Å². The van der Waals surface area contributed by atoms with Crippen molar-refractivity contribution in [2.75, 3.05) is 64.9 Å². The van der Waals surface area contributed by atoms with Crippen molar-refractivity contribution in [1.82, 2.24) is 15.5 Å². The van der Waals surface area contributed by atoms with E-state index >= 15 is 0 Å². The summed E-state index contributed by atoms with van der Waals surface area (Å²) in [6.07, 6.45) is 5.06. The van der Waals surface area contributed by atoms with Gasteiger partial charge in [-0.05, 0) is 69.3 Å². The first-order chi connectivity index (χ1) is 14.2. The number of nitrogens with one attached hydrogen (secondary N) is 2. The minimum atomic E-state index is 0.619. The van der Waals surface area contributed by atoms with Gasteiger partial charge in [0.15, 0.2) is 5.96 Å². The Bertz CT molecular complexity index is 642. The lowest BCUT2D eigenvalue weighted by molar-refractivity contribution is 0.191. The number of methoxy groups -OCH3 is 1. The number of anilines is 1. The second-order valence-electron chi connectivity index (χ2n) is 8.53. The smallest absolute Gasteiger partial charge is 0.190 e. The number of nitrogens with zero attached hydrogens (tertiary/aromatic N) is 3. The Morgan fingerprint density at radius 2 is 1.93 bits per heavy atom. The van der Waals surface area contributed by atoms with E-state index in [0.29, 0.717) is 5.92 Å². The second kappa shape index (κ2) is 11.3. The Balaban J connectivity index is 1.33. The van der Waals surface area contributed by atoms with Gasteiger partial charge in [0.05, 0.1) is 12.8 Å². The maximum Gasteiger partial charge on any atom is 0.190 e. The van der Waals surface area contributed by atoms with Crippen LogP contribution in [0.1, 0.15) is 32.6 Å². The standard InChI is InChI=1S/C23H39N5O/c1-19-9-14-27(15-10-19)13-6-12-25-23(24-2)26-17-20-11-16-28(18-20)21-7-4-5-8-22(21)29-3/h4-5,7-8,19-20H,6,9-18H2,1-3H3,(H2,24,25,26). The molecule has 162 valence electrons. The van der Waals surface area contributed by atoms with E-state index in [-0.39, 0.29) is 0 Å². The molecule has 2 aliphatic rings. The van der Waals surface area contributed by atoms with E-state index in [9.17, 15) is 0 Å². The number of hydrogen-bond donors (Lipinski definition) is 2. The molecule has 0 saturated carbocycles. The minimum Gasteiger partial charge on any atom is -0.495 e. The first kappa shape index (κ1) is 21.8. The molecule has 0 aliphatic carbocycles. The zero-order chi connectivity index (χ0) is 20.5. The van der Waals surface area contributed by atoms with Crippen LogP contribution in [0.2, 0.25) is 0 Å². The number of hydrogen-bond acceptors (Lipinski definition) is 4. The van der Waals surface area contributed by atoms with E-state index in [4.69, 9.17) is 4.74 Å². The van der Waals surface area contributed by atoms with Gasteiger partial charge in [-0.15, -0.1) is 0 Å². The van der Waals surface area contributed by atoms with Crippen molar-refractivity contribution in [3.63, 3.8) is 0 Å². The summed E-state index contributed by atoms with van der Waals surface area (Å²) in [5.41, 5.74) is 1.20. The van der Waals surface area contributed by atoms with Crippen LogP contribution in [0, 0.1) is 11.8 Å². The van der Waals surface area contributed by atoms with E-state index in [2.05, 4.69) is 44.5 Å². The fraction of sp³-hybridized carbons (Fsp3) is 0.696. The topological polar surface area (TPSA) is 52.1 Å². The monoisotopic (exact) mass is 401 g/mol. The highest BCUT2D eigenvalue weighted by Gasteiger charge is 2.24. The van der Waals surface area contributed by atoms with Crippen LogP contribution in [0.25, 0.3) is 0 Å². The van der Waals surface area contributed by atoms with Crippen LogP contribution in [0.4, 0.5) is 5.69 Å². The lowest BCUT2D eigenvalue weighted by Gasteiger charge is -2.30. The van der Waals surface area contributed by atoms with Gasteiger partial charge in [-0.2, -0.15) is 0 Å². The molecular weight excluding hydrogens is 362 g/mol. The number of benzene rings is 1. The van der Waals surface area contributed by atoms with Crippen LogP contribution >= 0.6 is 0 Å². The van der Waals surface area contributed by atoms with Crippen molar-refractivity contribution in [2.45, 2.75) is 32.6 Å². The van der Waals surface area contributed by atoms with E-state index in [0.717, 1.165) is 43.8 Å². The average Bonchev–Trinajstić information content (AvgIpc) is 3.23. The Kier molecular flexibility index (Phi) is 8.47. The predicted octanol–water partition coefficient (Wildman–Crippen LogP) is 2.81. The molecule has 1 aromatic carbocycles. The maximum absolute atomic E-state index is 5.52. The molecular formula is C23H39N5O. The largest absolute Gasteiger partial charge is 0.495 e. The predicted molar refractivity (Wildman–Crippen MR) is 122 cm³/mol. The molecule has 6 nitrogen and oxygen atoms in total. The van der Waals surface area contributed by atoms with Gasteiger partial charge in [-0.3, -0.25) is 4.99 Å². The van der Waals surface area contributed by atoms with Gasteiger partial charge in [-0.25, -0.2) is 0 Å². The van der Waals surface area contributed by atoms with Crippen molar-refractivity contribution in [1.29, 1.82) is 0 Å². The van der Waals surface area contributed by atoms with Crippen LogP contribution < -0.4 is 20.3 Å². The van der Waals surface area contributed by atoms with Crippen LogP contribution in [0.15, 0.2) is 29.3 Å². The summed E-state index contributed by atoms with van der Waals surface area (Å²) in [6, 6.07) is 8.30. The summed E-state index contributed by atoms with van der Waals surface area (Å²) >= 11 is 0. The molecule has 29 heavy (non-hydrogen) atoms. The highest BCUT2D eigenvalue weighted by atomic mass is 16.5. The van der Waals surface area contributed by atoms with Gasteiger partial charge in [0.25, 0.3) is 0 Å². The third-order valence-electron chi connectivity index (χ3n) is 6.31. The summed E-state index contributed by atoms with van der Waals surface area (Å²) in [5, 5.41) is 7.01. The molecule has 0 amide bonds. The highest BCUT2D eigenvalue weighted by molar-refractivity contribution is 5.79. The molecule has 1 aromatic rings. The number of aliphatic imine (C=N–C) groups is 1. The Labute approximate surface area is 176 Å². The first-order valence-corrected chi connectivity index (χ1v) is 11.2. The van der Waals surface area contributed by atoms with E-state index < -0.39 is 0 Å². The summed E-state index contributed by atoms with van der Waals surface area (Å²) in [7, 11) is 3.60. The van der Waals surface area contributed by atoms with Gasteiger partial charge < -0.3 is 25.2 Å². The van der Waals surface area contributed by atoms with Gasteiger partial charge >= 0.3 is 0 Å². The van der Waals surface area contributed by atoms with Crippen molar-refractivity contribution in [2.24, 2.45) is 16.8 Å². The quantitative estimate of drug-likeness (QED) is 0.399. The van der Waals surface area contributed by atoms with E-state index in [1.165, 1.54) is 51.0 Å². The Morgan fingerprint density at radius 1 is 1.14 bits per heavy atom. The fourth-order valence-electron chi connectivity index (χ4n) is 4.37. The zero-order valence-electron chi connectivity index (χ0n) is 18.5. The van der Waals surface area contributed by atoms with Crippen molar-refractivity contribution < 1.29 is 4.74 Å². The molecule has 2 fully saturated rings. The molecule has 1 unspecified atom stereocenters. The van der Waals surface area contributed by atoms with Gasteiger partial charge in [0.2, 0.25) is 0 Å². The Hall–Kier alpha value is -1.95. The van der Waals surface area contributed by atoms with Gasteiger partial charge in [-0.1, -0.05) is 19.1 Å². The van der Waals surface area contributed by atoms with Crippen molar-refractivity contribution in [3.8, 4) is 5.75 Å². The van der Waals surface area contributed by atoms with Gasteiger partial charge in [0, 0.05) is 33.2 Å². The number of para-hydroxylation sites is 2. The molecule has 0 radical (unpaired) electrons. The molecule has 2 N–H and O–H groups in total. The molecule has 0 spiro atoms. The van der Waals surface area contributed by atoms with Crippen LogP contribution in [-0.4, -0.2) is 70.8 Å². The number of rotatable bonds is 8. The van der Waals surface area contributed by atoms with Crippen molar-refractivity contribution in [3.05, 3.63) is 24.3 Å². The zero-order valence-corrected chi connectivity index (χ0v) is 18.5. The number of piperidine rings is 1. The number of guanidine groups is 1. The third kappa shape index (κ3) is 6.53. The molecule has 1 atom stereocenters. The molecule has 3 rings (SSSR count). The molecule has 0 aromatic heterocycles. The third-order valence-corrected chi connectivity index (χ3v) is 6.31. The Morgan fingerprint density at radius 3 is 2.69 bits per heavy atom. The van der Waals surface area contributed by atoms with Crippen LogP contribution in [-0.2, 0) is 0 Å². The first-order valence-electron chi connectivity index (χ1n) is 11.2. The average molecular weight is 402 g/mol. The summed E-state index contributed by atoms with van der Waals surface area (Å²) in [5.74, 6) is 3.41. The van der Waals surface area contributed by atoms with E-state index in [1.54, 1.807) is 7.11 Å². The van der Waals surface area contributed by atoms with E-state index in [1.807, 2.05) is 19.2 Å². The maximum atomic E-state index is 5.52. The van der Waals surface area contributed by atoms with Crippen LogP contribution in [0.3, 0.4) is 0 Å². The minimum absolute atomic E-state index is 0.619. The molecule has 2 saturated heterocycles. The van der Waals surface area contributed by atoms with Gasteiger partial charge in [0.1, 0.15) is 5.75 Å². The summed E-state index contributed by atoms with van der Waals surface area (Å²) in [6.45, 7) is 10.1. The molecule has 0 bridgehead atoms. The highest BCUT2D eigenvalue weighted by Crippen LogP contribution is 2.31. The lowest BCUT2D eigenvalue weighted by Crippen LogP contribution is -2.41. The van der Waals surface area contributed by atoms with Crippen molar-refractivity contribution >= 4 is 11.6 Å². The molecule has 6 heteroatoms. The summed E-state index contributed by atoms with van der Waals surface area (Å²) in [4.78, 5) is 9.43. The SMILES string of the molecule is CN=C(NCCCN1CCC(C)CC1)NCC1CCN(c2ccccc2OC)C1. The second-order valence-corrected chi connectivity index (χ2v) is 8.53.